The number of likely N-dealkylation sites (N-methyl/N-ethyl adjacent to an activating group) is 1. The Bertz CT molecular complexity index is 231. The van der Waals surface area contributed by atoms with Crippen LogP contribution in [0.3, 0.4) is 0 Å². The van der Waals surface area contributed by atoms with Crippen molar-refractivity contribution >= 4 is 0 Å². The van der Waals surface area contributed by atoms with Crippen LogP contribution in [0.5, 0.6) is 0 Å². The van der Waals surface area contributed by atoms with Gasteiger partial charge in [0.15, 0.2) is 0 Å². The van der Waals surface area contributed by atoms with E-state index in [0.29, 0.717) is 6.04 Å². The SMILES string of the molecule is CCCOCC(NC)C1CCC2CCCCC2C1. The van der Waals surface area contributed by atoms with Crippen molar-refractivity contribution in [3.63, 3.8) is 0 Å². The molecule has 0 radical (unpaired) electrons. The second-order valence-corrected chi connectivity index (χ2v) is 6.35. The summed E-state index contributed by atoms with van der Waals surface area (Å²) in [4.78, 5) is 0. The first-order valence-corrected chi connectivity index (χ1v) is 8.10. The maximum absolute atomic E-state index is 5.76. The maximum Gasteiger partial charge on any atom is 0.0622 e. The van der Waals surface area contributed by atoms with E-state index in [4.69, 9.17) is 4.74 Å². The molecule has 4 atom stereocenters. The topological polar surface area (TPSA) is 21.3 Å². The van der Waals surface area contributed by atoms with Gasteiger partial charge < -0.3 is 10.1 Å². The normalized spacial score (nSPS) is 34.0. The van der Waals surface area contributed by atoms with Crippen molar-refractivity contribution in [2.24, 2.45) is 17.8 Å². The van der Waals surface area contributed by atoms with Crippen LogP contribution in [0.1, 0.15) is 58.3 Å². The lowest BCUT2D eigenvalue weighted by molar-refractivity contribution is 0.0583. The van der Waals surface area contributed by atoms with Crippen molar-refractivity contribution in [2.75, 3.05) is 20.3 Å². The van der Waals surface area contributed by atoms with Crippen LogP contribution in [0.15, 0.2) is 0 Å². The van der Waals surface area contributed by atoms with E-state index in [0.717, 1.165) is 37.4 Å². The molecule has 106 valence electrons. The van der Waals surface area contributed by atoms with Gasteiger partial charge in [0.05, 0.1) is 6.61 Å². The summed E-state index contributed by atoms with van der Waals surface area (Å²) >= 11 is 0. The lowest BCUT2D eigenvalue weighted by atomic mass is 9.66. The van der Waals surface area contributed by atoms with E-state index in [1.54, 1.807) is 0 Å². The van der Waals surface area contributed by atoms with Crippen LogP contribution in [-0.4, -0.2) is 26.3 Å². The molecule has 4 unspecified atom stereocenters. The molecule has 2 rings (SSSR count). The summed E-state index contributed by atoms with van der Waals surface area (Å²) < 4.78 is 5.76. The summed E-state index contributed by atoms with van der Waals surface area (Å²) in [7, 11) is 2.10. The fourth-order valence-corrected chi connectivity index (χ4v) is 4.08. The van der Waals surface area contributed by atoms with Gasteiger partial charge in [-0.25, -0.2) is 0 Å². The molecule has 0 aromatic carbocycles. The third-order valence-electron chi connectivity index (χ3n) is 5.17. The second-order valence-electron chi connectivity index (χ2n) is 6.35. The van der Waals surface area contributed by atoms with E-state index in [1.165, 1.54) is 44.9 Å². The molecule has 0 aromatic heterocycles. The Morgan fingerprint density at radius 1 is 1.11 bits per heavy atom. The molecule has 2 nitrogen and oxygen atoms in total. The Hall–Kier alpha value is -0.0800. The highest BCUT2D eigenvalue weighted by molar-refractivity contribution is 4.87. The van der Waals surface area contributed by atoms with Gasteiger partial charge in [-0.1, -0.05) is 32.6 Å². The predicted molar refractivity (Wildman–Crippen MR) is 76.7 cm³/mol. The van der Waals surface area contributed by atoms with E-state index in [2.05, 4.69) is 19.3 Å². The fraction of sp³-hybridized carbons (Fsp3) is 1.00. The lowest BCUT2D eigenvalue weighted by Gasteiger charge is -2.41. The van der Waals surface area contributed by atoms with Crippen LogP contribution in [-0.2, 0) is 4.74 Å². The highest BCUT2D eigenvalue weighted by Gasteiger charge is 2.34. The average Bonchev–Trinajstić information content (AvgIpc) is 2.43. The fourth-order valence-electron chi connectivity index (χ4n) is 4.08. The molecule has 18 heavy (non-hydrogen) atoms. The molecular formula is C16H31NO. The van der Waals surface area contributed by atoms with Gasteiger partial charge in [0, 0.05) is 12.6 Å². The first kappa shape index (κ1) is 14.3. The van der Waals surface area contributed by atoms with E-state index in [9.17, 15) is 0 Å². The number of fused-ring (bicyclic) bond motifs is 1. The molecule has 2 aliphatic carbocycles. The largest absolute Gasteiger partial charge is 0.380 e. The van der Waals surface area contributed by atoms with Crippen LogP contribution < -0.4 is 5.32 Å². The van der Waals surface area contributed by atoms with Crippen LogP contribution in [0.25, 0.3) is 0 Å². The Kier molecular flexibility index (Phi) is 5.97. The highest BCUT2D eigenvalue weighted by atomic mass is 16.5. The third kappa shape index (κ3) is 3.71. The summed E-state index contributed by atoms with van der Waals surface area (Å²) in [5.41, 5.74) is 0. The van der Waals surface area contributed by atoms with Crippen LogP contribution in [0.2, 0.25) is 0 Å². The predicted octanol–water partition coefficient (Wildman–Crippen LogP) is 3.61. The van der Waals surface area contributed by atoms with Crippen molar-refractivity contribution in [3.05, 3.63) is 0 Å². The first-order chi connectivity index (χ1) is 8.85. The minimum atomic E-state index is 0.583. The Balaban J connectivity index is 1.80. The highest BCUT2D eigenvalue weighted by Crippen LogP contribution is 2.43. The molecule has 2 aliphatic rings. The van der Waals surface area contributed by atoms with Crippen LogP contribution in [0, 0.1) is 17.8 Å². The van der Waals surface area contributed by atoms with Gasteiger partial charge in [0.25, 0.3) is 0 Å². The summed E-state index contributed by atoms with van der Waals surface area (Å²) in [5, 5.41) is 3.50. The van der Waals surface area contributed by atoms with Crippen LogP contribution >= 0.6 is 0 Å². The third-order valence-corrected chi connectivity index (χ3v) is 5.17. The molecule has 2 fully saturated rings. The number of nitrogens with one attached hydrogen (secondary N) is 1. The smallest absolute Gasteiger partial charge is 0.0622 e. The molecule has 0 aliphatic heterocycles. The van der Waals surface area contributed by atoms with Gasteiger partial charge >= 0.3 is 0 Å². The summed E-state index contributed by atoms with van der Waals surface area (Å²) in [6.07, 6.45) is 11.4. The van der Waals surface area contributed by atoms with E-state index < -0.39 is 0 Å². The number of hydrogen-bond acceptors (Lipinski definition) is 2. The van der Waals surface area contributed by atoms with E-state index in [1.807, 2.05) is 0 Å². The minimum absolute atomic E-state index is 0.583. The van der Waals surface area contributed by atoms with Gasteiger partial charge in [-0.15, -0.1) is 0 Å². The number of hydrogen-bond donors (Lipinski definition) is 1. The molecule has 0 saturated heterocycles. The molecule has 0 heterocycles. The molecule has 2 heteroatoms. The van der Waals surface area contributed by atoms with E-state index in [-0.39, 0.29) is 0 Å². The van der Waals surface area contributed by atoms with Crippen molar-refractivity contribution in [1.82, 2.24) is 5.32 Å². The van der Waals surface area contributed by atoms with Crippen molar-refractivity contribution in [2.45, 2.75) is 64.3 Å². The zero-order valence-electron chi connectivity index (χ0n) is 12.3. The molecule has 0 aromatic rings. The zero-order valence-corrected chi connectivity index (χ0v) is 12.3. The first-order valence-electron chi connectivity index (χ1n) is 8.10. The Labute approximate surface area is 113 Å². The maximum atomic E-state index is 5.76. The minimum Gasteiger partial charge on any atom is -0.380 e. The summed E-state index contributed by atoms with van der Waals surface area (Å²) in [5.74, 6) is 2.94. The molecule has 0 bridgehead atoms. The van der Waals surface area contributed by atoms with Crippen molar-refractivity contribution in [1.29, 1.82) is 0 Å². The number of rotatable bonds is 6. The van der Waals surface area contributed by atoms with E-state index >= 15 is 0 Å². The monoisotopic (exact) mass is 253 g/mol. The van der Waals surface area contributed by atoms with Gasteiger partial charge in [-0.05, 0) is 50.5 Å². The molecular weight excluding hydrogens is 222 g/mol. The van der Waals surface area contributed by atoms with Gasteiger partial charge in [0.2, 0.25) is 0 Å². The quantitative estimate of drug-likeness (QED) is 0.730. The van der Waals surface area contributed by atoms with Gasteiger partial charge in [-0.2, -0.15) is 0 Å². The zero-order chi connectivity index (χ0) is 12.8. The molecule has 1 N–H and O–H groups in total. The summed E-state index contributed by atoms with van der Waals surface area (Å²) in [6, 6.07) is 0.583. The van der Waals surface area contributed by atoms with Crippen molar-refractivity contribution < 1.29 is 4.74 Å². The molecule has 2 saturated carbocycles. The Morgan fingerprint density at radius 3 is 2.61 bits per heavy atom. The molecule has 0 spiro atoms. The van der Waals surface area contributed by atoms with Gasteiger partial charge in [0.1, 0.15) is 0 Å². The van der Waals surface area contributed by atoms with Gasteiger partial charge in [-0.3, -0.25) is 0 Å². The lowest BCUT2D eigenvalue weighted by Crippen LogP contribution is -2.42. The Morgan fingerprint density at radius 2 is 1.89 bits per heavy atom. The van der Waals surface area contributed by atoms with Crippen LogP contribution in [0.4, 0.5) is 0 Å². The average molecular weight is 253 g/mol. The standard InChI is InChI=1S/C16H31NO/c1-3-10-18-12-16(17-2)15-9-8-13-6-4-5-7-14(13)11-15/h13-17H,3-12H2,1-2H3. The molecule has 0 amide bonds. The summed E-state index contributed by atoms with van der Waals surface area (Å²) in [6.45, 7) is 4.00. The second kappa shape index (κ2) is 7.49. The number of ether oxygens (including phenoxy) is 1. The van der Waals surface area contributed by atoms with Crippen molar-refractivity contribution in [3.8, 4) is 0 Å².